The molecular weight excluding hydrogens is 286 g/mol. The molecule has 108 valence electrons. The highest BCUT2D eigenvalue weighted by atomic mass is 32.2. The van der Waals surface area contributed by atoms with Gasteiger partial charge in [-0.1, -0.05) is 20.3 Å². The summed E-state index contributed by atoms with van der Waals surface area (Å²) in [4.78, 5) is 2.17. The van der Waals surface area contributed by atoms with Crippen molar-refractivity contribution in [3.8, 4) is 0 Å². The quantitative estimate of drug-likeness (QED) is 0.731. The third kappa shape index (κ3) is 4.62. The normalized spacial score (nSPS) is 24.1. The first kappa shape index (κ1) is 16.7. The number of thiol groups is 1. The van der Waals surface area contributed by atoms with Crippen LogP contribution in [0.4, 0.5) is 0 Å². The van der Waals surface area contributed by atoms with Crippen molar-refractivity contribution in [3.05, 3.63) is 0 Å². The summed E-state index contributed by atoms with van der Waals surface area (Å²) in [7, 11) is -2.96. The molecule has 0 aromatic heterocycles. The minimum atomic E-state index is -2.96. The summed E-state index contributed by atoms with van der Waals surface area (Å²) in [5, 5.41) is -0.277. The van der Waals surface area contributed by atoms with Gasteiger partial charge in [-0.3, -0.25) is 4.90 Å². The van der Waals surface area contributed by atoms with Gasteiger partial charge < -0.3 is 0 Å². The maximum Gasteiger partial charge on any atom is 0.166 e. The van der Waals surface area contributed by atoms with Crippen molar-refractivity contribution in [1.82, 2.24) is 4.90 Å². The fourth-order valence-electron chi connectivity index (χ4n) is 2.33. The van der Waals surface area contributed by atoms with Crippen molar-refractivity contribution in [2.45, 2.75) is 32.1 Å². The van der Waals surface area contributed by atoms with Gasteiger partial charge in [0.1, 0.15) is 5.37 Å². The van der Waals surface area contributed by atoms with E-state index in [-0.39, 0.29) is 11.1 Å². The SMILES string of the molecule is CCCC(CS)CN1CCSCC1S(=O)(=O)CC. The summed E-state index contributed by atoms with van der Waals surface area (Å²) < 4.78 is 24.2. The summed E-state index contributed by atoms with van der Waals surface area (Å²) >= 11 is 6.15. The summed E-state index contributed by atoms with van der Waals surface area (Å²) in [6.45, 7) is 5.68. The Kier molecular flexibility index (Phi) is 7.43. The first-order valence-corrected chi connectivity index (χ1v) is 10.2. The second-order valence-corrected chi connectivity index (χ2v) is 8.78. The third-order valence-corrected chi connectivity index (χ3v) is 7.30. The number of nitrogens with zero attached hydrogens (tertiary/aromatic N) is 1. The molecule has 0 aromatic rings. The van der Waals surface area contributed by atoms with E-state index in [0.29, 0.717) is 5.92 Å². The highest BCUT2D eigenvalue weighted by Gasteiger charge is 2.33. The minimum absolute atomic E-state index is 0.244. The van der Waals surface area contributed by atoms with Crippen LogP contribution in [-0.4, -0.2) is 54.8 Å². The lowest BCUT2D eigenvalue weighted by molar-refractivity contribution is 0.230. The van der Waals surface area contributed by atoms with E-state index in [2.05, 4.69) is 24.5 Å². The monoisotopic (exact) mass is 311 g/mol. The average molecular weight is 312 g/mol. The third-order valence-electron chi connectivity index (χ3n) is 3.46. The van der Waals surface area contributed by atoms with E-state index in [9.17, 15) is 8.42 Å². The van der Waals surface area contributed by atoms with Crippen LogP contribution in [0.5, 0.6) is 0 Å². The van der Waals surface area contributed by atoms with E-state index >= 15 is 0 Å². The van der Waals surface area contributed by atoms with Crippen molar-refractivity contribution in [3.63, 3.8) is 0 Å². The molecule has 0 aliphatic carbocycles. The van der Waals surface area contributed by atoms with Gasteiger partial charge in [-0.2, -0.15) is 24.4 Å². The molecule has 0 saturated carbocycles. The summed E-state index contributed by atoms with van der Waals surface area (Å²) in [6.07, 6.45) is 2.27. The van der Waals surface area contributed by atoms with E-state index in [1.165, 1.54) is 0 Å². The Morgan fingerprint density at radius 2 is 2.17 bits per heavy atom. The fraction of sp³-hybridized carbons (Fsp3) is 1.00. The Morgan fingerprint density at radius 3 is 2.72 bits per heavy atom. The second kappa shape index (κ2) is 8.02. The van der Waals surface area contributed by atoms with Crippen LogP contribution in [0.25, 0.3) is 0 Å². The van der Waals surface area contributed by atoms with E-state index in [0.717, 1.165) is 43.2 Å². The Bertz CT molecular complexity index is 332. The summed E-state index contributed by atoms with van der Waals surface area (Å²) in [5.74, 6) is 3.36. The van der Waals surface area contributed by atoms with Gasteiger partial charge in [0.05, 0.1) is 0 Å². The van der Waals surface area contributed by atoms with Gasteiger partial charge in [0.15, 0.2) is 9.84 Å². The zero-order chi connectivity index (χ0) is 13.6. The molecule has 1 aliphatic heterocycles. The lowest BCUT2D eigenvalue weighted by Crippen LogP contribution is -2.49. The molecule has 2 atom stereocenters. The maximum absolute atomic E-state index is 12.1. The standard InChI is InChI=1S/C12H25NO2S3/c1-3-5-11(9-16)8-13-6-7-17-10-12(13)18(14,15)4-2/h11-12,16H,3-10H2,1-2H3. The average Bonchev–Trinajstić information content (AvgIpc) is 2.38. The molecule has 1 rings (SSSR count). The molecule has 1 fully saturated rings. The molecule has 1 heterocycles. The number of hydrogen-bond donors (Lipinski definition) is 1. The topological polar surface area (TPSA) is 37.4 Å². The number of thioether (sulfide) groups is 1. The van der Waals surface area contributed by atoms with Crippen molar-refractivity contribution >= 4 is 34.2 Å². The van der Waals surface area contributed by atoms with Gasteiger partial charge in [0.25, 0.3) is 0 Å². The van der Waals surface area contributed by atoms with Crippen LogP contribution in [0.2, 0.25) is 0 Å². The van der Waals surface area contributed by atoms with Crippen LogP contribution in [0.3, 0.4) is 0 Å². The first-order chi connectivity index (χ1) is 8.55. The molecule has 0 amide bonds. The van der Waals surface area contributed by atoms with Gasteiger partial charge >= 0.3 is 0 Å². The van der Waals surface area contributed by atoms with Crippen molar-refractivity contribution in [2.24, 2.45) is 5.92 Å². The van der Waals surface area contributed by atoms with Crippen LogP contribution in [-0.2, 0) is 9.84 Å². The molecular formula is C12H25NO2S3. The van der Waals surface area contributed by atoms with Gasteiger partial charge in [0, 0.05) is 30.3 Å². The van der Waals surface area contributed by atoms with E-state index < -0.39 is 9.84 Å². The zero-order valence-corrected chi connectivity index (χ0v) is 13.9. The molecule has 6 heteroatoms. The van der Waals surface area contributed by atoms with E-state index in [1.54, 1.807) is 18.7 Å². The van der Waals surface area contributed by atoms with Crippen molar-refractivity contribution in [2.75, 3.05) is 36.1 Å². The lowest BCUT2D eigenvalue weighted by Gasteiger charge is -2.36. The highest BCUT2D eigenvalue weighted by Crippen LogP contribution is 2.23. The van der Waals surface area contributed by atoms with Gasteiger partial charge in [0.2, 0.25) is 0 Å². The van der Waals surface area contributed by atoms with E-state index in [4.69, 9.17) is 0 Å². The Labute approximate surface area is 121 Å². The number of hydrogen-bond acceptors (Lipinski definition) is 5. The largest absolute Gasteiger partial charge is 0.285 e. The molecule has 0 radical (unpaired) electrons. The Morgan fingerprint density at radius 1 is 1.44 bits per heavy atom. The minimum Gasteiger partial charge on any atom is -0.285 e. The fourth-order valence-corrected chi connectivity index (χ4v) is 5.72. The molecule has 0 bridgehead atoms. The van der Waals surface area contributed by atoms with Crippen molar-refractivity contribution < 1.29 is 8.42 Å². The Balaban J connectivity index is 2.70. The molecule has 0 N–H and O–H groups in total. The number of sulfone groups is 1. The van der Waals surface area contributed by atoms with Crippen LogP contribution >= 0.6 is 24.4 Å². The molecule has 18 heavy (non-hydrogen) atoms. The highest BCUT2D eigenvalue weighted by molar-refractivity contribution is 8.01. The summed E-state index contributed by atoms with van der Waals surface area (Å²) in [5.41, 5.74) is 0. The molecule has 2 unspecified atom stereocenters. The van der Waals surface area contributed by atoms with Crippen LogP contribution < -0.4 is 0 Å². The van der Waals surface area contributed by atoms with E-state index in [1.807, 2.05) is 0 Å². The van der Waals surface area contributed by atoms with Gasteiger partial charge in [-0.05, 0) is 18.1 Å². The smallest absolute Gasteiger partial charge is 0.166 e. The lowest BCUT2D eigenvalue weighted by atomic mass is 10.1. The predicted molar refractivity (Wildman–Crippen MR) is 84.4 cm³/mol. The van der Waals surface area contributed by atoms with Gasteiger partial charge in [-0.25, -0.2) is 8.42 Å². The summed E-state index contributed by atoms with van der Waals surface area (Å²) in [6, 6.07) is 0. The van der Waals surface area contributed by atoms with Crippen molar-refractivity contribution in [1.29, 1.82) is 0 Å². The molecule has 0 aromatic carbocycles. The van der Waals surface area contributed by atoms with Gasteiger partial charge in [-0.15, -0.1) is 0 Å². The van der Waals surface area contributed by atoms with Crippen LogP contribution in [0, 0.1) is 5.92 Å². The first-order valence-electron chi connectivity index (χ1n) is 6.69. The zero-order valence-electron chi connectivity index (χ0n) is 11.3. The molecule has 0 spiro atoms. The molecule has 1 aliphatic rings. The Hall–Kier alpha value is 0.610. The molecule has 3 nitrogen and oxygen atoms in total. The second-order valence-electron chi connectivity index (χ2n) is 4.81. The predicted octanol–water partition coefficient (Wildman–Crippen LogP) is 2.14. The van der Waals surface area contributed by atoms with Crippen LogP contribution in [0.15, 0.2) is 0 Å². The number of rotatable bonds is 7. The maximum atomic E-state index is 12.1. The van der Waals surface area contributed by atoms with Crippen LogP contribution in [0.1, 0.15) is 26.7 Å². The molecule has 1 saturated heterocycles.